The maximum Gasteiger partial charge on any atom is 0.343 e. The molecule has 0 amide bonds. The molecule has 0 radical (unpaired) electrons. The molecule has 7 nitrogen and oxygen atoms in total. The zero-order chi connectivity index (χ0) is 20.5. The number of ether oxygens (including phenoxy) is 1. The maximum atomic E-state index is 13.2. The number of carbonyl (C=O) groups is 1. The number of esters is 1. The van der Waals surface area contributed by atoms with E-state index in [0.717, 1.165) is 22.0 Å². The molecule has 2 aliphatic rings. The van der Waals surface area contributed by atoms with Gasteiger partial charge in [0.2, 0.25) is 0 Å². The highest BCUT2D eigenvalue weighted by atomic mass is 16.6. The van der Waals surface area contributed by atoms with Crippen molar-refractivity contribution in [1.82, 2.24) is 9.55 Å². The number of nitrogens with zero attached hydrogens (tertiary/aromatic N) is 2. The van der Waals surface area contributed by atoms with Gasteiger partial charge in [-0.15, -0.1) is 0 Å². The van der Waals surface area contributed by atoms with E-state index in [9.17, 15) is 19.8 Å². The van der Waals surface area contributed by atoms with Crippen LogP contribution in [0.2, 0.25) is 0 Å². The second-order valence-electron chi connectivity index (χ2n) is 7.58. The van der Waals surface area contributed by atoms with Gasteiger partial charge in [-0.2, -0.15) is 0 Å². The minimum absolute atomic E-state index is 0.110. The van der Waals surface area contributed by atoms with Crippen molar-refractivity contribution >= 4 is 16.9 Å². The summed E-state index contributed by atoms with van der Waals surface area (Å²) in [4.78, 5) is 30.2. The molecule has 0 bridgehead atoms. The van der Waals surface area contributed by atoms with Crippen LogP contribution in [-0.2, 0) is 34.7 Å². The van der Waals surface area contributed by atoms with E-state index in [1.165, 1.54) is 0 Å². The summed E-state index contributed by atoms with van der Waals surface area (Å²) < 4.78 is 6.73. The topological polar surface area (TPSA) is 102 Å². The van der Waals surface area contributed by atoms with E-state index in [1.54, 1.807) is 35.8 Å². The maximum absolute atomic E-state index is 13.2. The van der Waals surface area contributed by atoms with Crippen LogP contribution in [0.3, 0.4) is 0 Å². The van der Waals surface area contributed by atoms with Crippen LogP contribution in [0.5, 0.6) is 5.75 Å². The Balaban J connectivity index is 1.84. The number of phenolic OH excluding ortho intramolecular Hbond substituents is 1. The van der Waals surface area contributed by atoms with Gasteiger partial charge in [0.1, 0.15) is 12.4 Å². The first kappa shape index (κ1) is 17.9. The summed E-state index contributed by atoms with van der Waals surface area (Å²) in [6.45, 7) is 3.92. The molecule has 148 valence electrons. The molecule has 29 heavy (non-hydrogen) atoms. The number of hydrogen-bond acceptors (Lipinski definition) is 6. The molecule has 0 fully saturated rings. The minimum Gasteiger partial charge on any atom is -0.508 e. The predicted octanol–water partition coefficient (Wildman–Crippen LogP) is 2.35. The van der Waals surface area contributed by atoms with Gasteiger partial charge in [0.25, 0.3) is 5.56 Å². The number of aromatic hydroxyl groups is 1. The Morgan fingerprint density at radius 3 is 2.72 bits per heavy atom. The second-order valence-corrected chi connectivity index (χ2v) is 7.58. The normalized spacial score (nSPS) is 19.6. The lowest BCUT2D eigenvalue weighted by molar-refractivity contribution is -0.172. The quantitative estimate of drug-likeness (QED) is 0.508. The average Bonchev–Trinajstić information content (AvgIpc) is 3.08. The molecule has 0 unspecified atom stereocenters. The monoisotopic (exact) mass is 392 g/mol. The highest BCUT2D eigenvalue weighted by Gasteiger charge is 2.45. The van der Waals surface area contributed by atoms with Crippen LogP contribution >= 0.6 is 0 Å². The number of fused-ring (bicyclic) bond motifs is 5. The highest BCUT2D eigenvalue weighted by molar-refractivity contribution is 5.89. The van der Waals surface area contributed by atoms with Crippen LogP contribution in [0.4, 0.5) is 0 Å². The van der Waals surface area contributed by atoms with Crippen LogP contribution in [-0.4, -0.2) is 25.7 Å². The molecule has 5 rings (SSSR count). The third-order valence-corrected chi connectivity index (χ3v) is 6.14. The van der Waals surface area contributed by atoms with Crippen LogP contribution in [0.1, 0.15) is 42.5 Å². The third-order valence-electron chi connectivity index (χ3n) is 6.14. The van der Waals surface area contributed by atoms with E-state index in [-0.39, 0.29) is 24.3 Å². The summed E-state index contributed by atoms with van der Waals surface area (Å²) in [7, 11) is 0. The molecular formula is C22H20N2O5. The van der Waals surface area contributed by atoms with Crippen LogP contribution < -0.4 is 5.56 Å². The van der Waals surface area contributed by atoms with Crippen molar-refractivity contribution in [2.24, 2.45) is 0 Å². The summed E-state index contributed by atoms with van der Waals surface area (Å²) in [6.07, 6.45) is 0.826. The number of aromatic nitrogens is 2. The van der Waals surface area contributed by atoms with Crippen LogP contribution in [0.15, 0.2) is 29.1 Å². The summed E-state index contributed by atoms with van der Waals surface area (Å²) in [5.74, 6) is -0.563. The van der Waals surface area contributed by atoms with Gasteiger partial charge in [-0.05, 0) is 42.7 Å². The molecule has 2 aliphatic heterocycles. The standard InChI is InChI=1S/C22H20N2O5/c1-3-12-13-7-11(25)5-6-17(13)23-19-14(12)9-24-18(19)8-16-15(20(24)26)10-29-21(27)22(16,28)4-2/h5-8,25,28H,3-4,9-10H2,1-2H3/t22-/m1/s1. The van der Waals surface area contributed by atoms with E-state index in [4.69, 9.17) is 9.72 Å². The first-order chi connectivity index (χ1) is 13.9. The van der Waals surface area contributed by atoms with Gasteiger partial charge in [-0.1, -0.05) is 13.8 Å². The summed E-state index contributed by atoms with van der Waals surface area (Å²) in [5.41, 5.74) is 2.47. The molecule has 0 aliphatic carbocycles. The fraction of sp³-hybridized carbons (Fsp3) is 0.318. The molecule has 4 heterocycles. The molecule has 0 spiro atoms. The Morgan fingerprint density at radius 1 is 1.21 bits per heavy atom. The van der Waals surface area contributed by atoms with Crippen molar-refractivity contribution in [3.05, 3.63) is 56.9 Å². The number of phenols is 1. The van der Waals surface area contributed by atoms with Crippen molar-refractivity contribution in [3.63, 3.8) is 0 Å². The fourth-order valence-electron chi connectivity index (χ4n) is 4.55. The molecule has 7 heteroatoms. The van der Waals surface area contributed by atoms with Gasteiger partial charge in [0.05, 0.1) is 29.0 Å². The molecular weight excluding hydrogens is 372 g/mol. The third kappa shape index (κ3) is 2.25. The van der Waals surface area contributed by atoms with Gasteiger partial charge in [0, 0.05) is 16.5 Å². The first-order valence-corrected chi connectivity index (χ1v) is 9.70. The molecule has 0 saturated carbocycles. The highest BCUT2D eigenvalue weighted by Crippen LogP contribution is 2.40. The number of aliphatic hydroxyl groups is 1. The first-order valence-electron chi connectivity index (χ1n) is 9.70. The molecule has 1 aromatic carbocycles. The predicted molar refractivity (Wildman–Crippen MR) is 106 cm³/mol. The number of pyridine rings is 2. The molecule has 3 aromatic rings. The zero-order valence-corrected chi connectivity index (χ0v) is 16.2. The Labute approximate surface area is 166 Å². The minimum atomic E-state index is -1.83. The van der Waals surface area contributed by atoms with Gasteiger partial charge in [-0.3, -0.25) is 4.79 Å². The smallest absolute Gasteiger partial charge is 0.343 e. The Bertz CT molecular complexity index is 1280. The summed E-state index contributed by atoms with van der Waals surface area (Å²) >= 11 is 0. The van der Waals surface area contributed by atoms with E-state index >= 15 is 0 Å². The van der Waals surface area contributed by atoms with Gasteiger partial charge in [-0.25, -0.2) is 9.78 Å². The number of rotatable bonds is 2. The van der Waals surface area contributed by atoms with E-state index in [2.05, 4.69) is 0 Å². The molecule has 1 atom stereocenters. The van der Waals surface area contributed by atoms with E-state index in [0.29, 0.717) is 35.5 Å². The number of aryl methyl sites for hydroxylation is 1. The van der Waals surface area contributed by atoms with Crippen molar-refractivity contribution in [2.75, 3.05) is 0 Å². The largest absolute Gasteiger partial charge is 0.508 e. The summed E-state index contributed by atoms with van der Waals surface area (Å²) in [6, 6.07) is 6.75. The van der Waals surface area contributed by atoms with Crippen LogP contribution in [0.25, 0.3) is 22.3 Å². The lowest BCUT2D eigenvalue weighted by atomic mass is 9.86. The number of hydrogen-bond donors (Lipinski definition) is 2. The Kier molecular flexibility index (Phi) is 3.64. The van der Waals surface area contributed by atoms with Crippen molar-refractivity contribution in [1.29, 1.82) is 0 Å². The van der Waals surface area contributed by atoms with Gasteiger partial charge < -0.3 is 19.5 Å². The number of cyclic esters (lactones) is 1. The Hall–Kier alpha value is -3.19. The van der Waals surface area contributed by atoms with Gasteiger partial charge in [0.15, 0.2) is 5.60 Å². The average molecular weight is 392 g/mol. The Morgan fingerprint density at radius 2 is 2.00 bits per heavy atom. The van der Waals surface area contributed by atoms with Crippen molar-refractivity contribution < 1.29 is 19.7 Å². The zero-order valence-electron chi connectivity index (χ0n) is 16.2. The number of benzene rings is 1. The lowest BCUT2D eigenvalue weighted by Gasteiger charge is -2.31. The van der Waals surface area contributed by atoms with E-state index < -0.39 is 11.6 Å². The fourth-order valence-corrected chi connectivity index (χ4v) is 4.55. The molecule has 2 aromatic heterocycles. The molecule has 0 saturated heterocycles. The van der Waals surface area contributed by atoms with E-state index in [1.807, 2.05) is 6.92 Å². The summed E-state index contributed by atoms with van der Waals surface area (Å²) in [5, 5.41) is 21.7. The van der Waals surface area contributed by atoms with Crippen LogP contribution in [0, 0.1) is 0 Å². The van der Waals surface area contributed by atoms with Gasteiger partial charge >= 0.3 is 5.97 Å². The second kappa shape index (κ2) is 5.90. The molecule has 2 N–H and O–H groups in total. The van der Waals surface area contributed by atoms with Crippen molar-refractivity contribution in [2.45, 2.75) is 45.4 Å². The van der Waals surface area contributed by atoms with Crippen molar-refractivity contribution in [3.8, 4) is 17.1 Å². The number of carbonyl (C=O) groups excluding carboxylic acids is 1. The lowest BCUT2D eigenvalue weighted by Crippen LogP contribution is -2.44. The SMILES string of the molecule is CCc1c2c(nc3ccc(O)cc13)-c1cc3c(c(=O)n1C2)COC(=O)[C@@]3(O)CC.